The minimum Gasteiger partial charge on any atom is -0.274 e. The molecule has 1 heterocycles. The van der Waals surface area contributed by atoms with E-state index in [-0.39, 0.29) is 40.0 Å². The monoisotopic (exact) mass is 510 g/mol. The van der Waals surface area contributed by atoms with Crippen LogP contribution in [0.25, 0.3) is 5.57 Å². The van der Waals surface area contributed by atoms with Crippen LogP contribution in [0, 0.1) is 47.6 Å². The topological polar surface area (TPSA) is 80.5 Å². The lowest BCUT2D eigenvalue weighted by Gasteiger charge is -2.22. The van der Waals surface area contributed by atoms with Crippen molar-refractivity contribution in [3.8, 4) is 0 Å². The molecule has 3 aromatic carbocycles. The zero-order valence-corrected chi connectivity index (χ0v) is 21.0. The van der Waals surface area contributed by atoms with E-state index >= 15 is 0 Å². The number of amides is 2. The quantitative estimate of drug-likeness (QED) is 0.179. The van der Waals surface area contributed by atoms with Crippen LogP contribution in [0.1, 0.15) is 22.3 Å². The van der Waals surface area contributed by atoms with Crippen LogP contribution in [-0.4, -0.2) is 16.7 Å². The van der Waals surface area contributed by atoms with Gasteiger partial charge in [0.2, 0.25) is 11.8 Å². The van der Waals surface area contributed by atoms with Crippen molar-refractivity contribution in [2.45, 2.75) is 13.8 Å². The van der Waals surface area contributed by atoms with Crippen molar-refractivity contribution >= 4 is 40.4 Å². The van der Waals surface area contributed by atoms with Crippen LogP contribution in [-0.2, 0) is 9.59 Å². The third kappa shape index (κ3) is 3.55. The van der Waals surface area contributed by atoms with Crippen molar-refractivity contribution in [3.63, 3.8) is 0 Å². The molecular formula is C30H23ClN2O4. The first-order chi connectivity index (χ1) is 17.8. The molecule has 1 aliphatic heterocycles. The van der Waals surface area contributed by atoms with E-state index in [0.717, 1.165) is 38.3 Å². The highest BCUT2D eigenvalue weighted by Crippen LogP contribution is 2.59. The van der Waals surface area contributed by atoms with Crippen molar-refractivity contribution in [1.29, 1.82) is 0 Å². The molecule has 2 aliphatic carbocycles. The van der Waals surface area contributed by atoms with E-state index in [1.165, 1.54) is 18.2 Å². The summed E-state index contributed by atoms with van der Waals surface area (Å²) in [5, 5.41) is 11.4. The molecule has 2 amide bonds. The lowest BCUT2D eigenvalue weighted by Crippen LogP contribution is -2.33. The Labute approximate surface area is 219 Å². The predicted molar refractivity (Wildman–Crippen MR) is 142 cm³/mol. The van der Waals surface area contributed by atoms with Gasteiger partial charge in [0.25, 0.3) is 5.69 Å². The van der Waals surface area contributed by atoms with E-state index in [9.17, 15) is 19.7 Å². The summed E-state index contributed by atoms with van der Waals surface area (Å²) in [7, 11) is 0. The molecule has 2 fully saturated rings. The molecule has 1 saturated carbocycles. The average Bonchev–Trinajstić information content (AvgIpc) is 3.51. The number of nitrogens with zero attached hydrogens (tertiary/aromatic N) is 2. The van der Waals surface area contributed by atoms with E-state index in [0.29, 0.717) is 0 Å². The number of imide groups is 1. The Morgan fingerprint density at radius 3 is 1.76 bits per heavy atom. The van der Waals surface area contributed by atoms with Gasteiger partial charge in [-0.05, 0) is 48.3 Å². The molecule has 2 bridgehead atoms. The highest BCUT2D eigenvalue weighted by atomic mass is 35.5. The Bertz CT molecular complexity index is 1460. The molecule has 7 heteroatoms. The molecule has 3 aromatic rings. The highest BCUT2D eigenvalue weighted by molar-refractivity contribution is 6.33. The largest absolute Gasteiger partial charge is 0.289 e. The first-order valence-electron chi connectivity index (χ1n) is 12.1. The number of anilines is 1. The van der Waals surface area contributed by atoms with E-state index < -0.39 is 16.8 Å². The lowest BCUT2D eigenvalue weighted by atomic mass is 9.85. The van der Waals surface area contributed by atoms with Crippen molar-refractivity contribution in [1.82, 2.24) is 0 Å². The van der Waals surface area contributed by atoms with Crippen molar-refractivity contribution in [3.05, 3.63) is 122 Å². The molecule has 6 nitrogen and oxygen atoms in total. The Kier molecular flexibility index (Phi) is 5.39. The van der Waals surface area contributed by atoms with Crippen LogP contribution in [0.15, 0.2) is 84.5 Å². The van der Waals surface area contributed by atoms with Crippen LogP contribution >= 0.6 is 11.6 Å². The zero-order valence-electron chi connectivity index (χ0n) is 20.2. The summed E-state index contributed by atoms with van der Waals surface area (Å²) in [5.74, 6) is -2.19. The van der Waals surface area contributed by atoms with Gasteiger partial charge in [-0.1, -0.05) is 83.4 Å². The fourth-order valence-corrected chi connectivity index (χ4v) is 6.26. The number of benzene rings is 3. The van der Waals surface area contributed by atoms with E-state index in [2.05, 4.69) is 48.5 Å². The summed E-state index contributed by atoms with van der Waals surface area (Å²) in [5.41, 5.74) is 6.40. The first-order valence-corrected chi connectivity index (χ1v) is 12.5. The fourth-order valence-electron chi connectivity index (χ4n) is 6.07. The average molecular weight is 511 g/mol. The van der Waals surface area contributed by atoms with Crippen LogP contribution in [0.4, 0.5) is 11.4 Å². The predicted octanol–water partition coefficient (Wildman–Crippen LogP) is 6.29. The van der Waals surface area contributed by atoms with Gasteiger partial charge in [-0.15, -0.1) is 0 Å². The van der Waals surface area contributed by atoms with Gasteiger partial charge in [-0.25, -0.2) is 4.90 Å². The van der Waals surface area contributed by atoms with Crippen molar-refractivity contribution in [2.24, 2.45) is 23.7 Å². The summed E-state index contributed by atoms with van der Waals surface area (Å²) in [6.07, 6.45) is 4.09. The van der Waals surface area contributed by atoms with Crippen molar-refractivity contribution < 1.29 is 14.5 Å². The number of nitro groups is 1. The van der Waals surface area contributed by atoms with Crippen LogP contribution in [0.3, 0.4) is 0 Å². The summed E-state index contributed by atoms with van der Waals surface area (Å²) in [6.45, 7) is 4.08. The number of hydrogen-bond donors (Lipinski definition) is 0. The molecule has 0 radical (unpaired) electrons. The number of carbonyl (C=O) groups excluding carboxylic acids is 2. The minimum absolute atomic E-state index is 0.0409. The second-order valence-corrected chi connectivity index (χ2v) is 10.4. The molecule has 0 N–H and O–H groups in total. The first kappa shape index (κ1) is 23.4. The molecule has 6 rings (SSSR count). The number of fused-ring (bicyclic) bond motifs is 5. The maximum atomic E-state index is 13.7. The van der Waals surface area contributed by atoms with E-state index in [1.807, 2.05) is 26.0 Å². The minimum atomic E-state index is -0.612. The lowest BCUT2D eigenvalue weighted by molar-refractivity contribution is -0.384. The smallest absolute Gasteiger partial charge is 0.274 e. The third-order valence-electron chi connectivity index (χ3n) is 7.77. The van der Waals surface area contributed by atoms with Gasteiger partial charge in [0.1, 0.15) is 5.02 Å². The Morgan fingerprint density at radius 1 is 0.811 bits per heavy atom. The molecule has 4 atom stereocenters. The standard InChI is InChI=1S/C30H23ClN2O4/c1-16-3-7-18(8-4-16)25(19-9-5-17(2)6-10-19)26-21-12-13-22(26)28-27(21)29(34)32(30(28)35)20-11-14-23(31)24(15-20)33(36)37/h3-15,21-22,27-28H,1-2H3/t21-,22-,27+,28+/m1/s1. The number of hydrogen-bond acceptors (Lipinski definition) is 4. The van der Waals surface area contributed by atoms with Crippen LogP contribution < -0.4 is 4.90 Å². The number of rotatable bonds is 4. The number of allylic oxidation sites excluding steroid dienone is 3. The Hall–Kier alpha value is -4.03. The molecular weight excluding hydrogens is 488 g/mol. The molecule has 0 spiro atoms. The molecule has 0 aromatic heterocycles. The summed E-state index contributed by atoms with van der Waals surface area (Å²) >= 11 is 5.97. The number of carbonyl (C=O) groups is 2. The maximum absolute atomic E-state index is 13.7. The molecule has 1 saturated heterocycles. The molecule has 184 valence electrons. The van der Waals surface area contributed by atoms with E-state index in [1.54, 1.807) is 0 Å². The normalized spacial score (nSPS) is 23.6. The molecule has 3 aliphatic rings. The third-order valence-corrected chi connectivity index (χ3v) is 8.09. The number of halogens is 1. The summed E-state index contributed by atoms with van der Waals surface area (Å²) in [4.78, 5) is 39.4. The number of aryl methyl sites for hydroxylation is 2. The second kappa shape index (κ2) is 8.53. The van der Waals surface area contributed by atoms with E-state index in [4.69, 9.17) is 11.6 Å². The van der Waals surface area contributed by atoms with Gasteiger partial charge in [0.15, 0.2) is 0 Å². The summed E-state index contributed by atoms with van der Waals surface area (Å²) < 4.78 is 0. The van der Waals surface area contributed by atoms with Gasteiger partial charge in [-0.2, -0.15) is 0 Å². The SMILES string of the molecule is Cc1ccc(C(=C2[C@H]3C=C[C@H]2[C@@H]2C(=O)N(c4ccc(Cl)c([N+](=O)[O-])c4)C(=O)[C@H]23)c2ccc(C)cc2)cc1. The van der Waals surface area contributed by atoms with Crippen LogP contribution in [0.5, 0.6) is 0 Å². The second-order valence-electron chi connectivity index (χ2n) is 9.96. The van der Waals surface area contributed by atoms with Gasteiger partial charge in [-0.3, -0.25) is 19.7 Å². The maximum Gasteiger partial charge on any atom is 0.289 e. The zero-order chi connectivity index (χ0) is 26.0. The van der Waals surface area contributed by atoms with Gasteiger partial charge in [0, 0.05) is 17.9 Å². The van der Waals surface area contributed by atoms with Crippen LogP contribution in [0.2, 0.25) is 5.02 Å². The highest BCUT2D eigenvalue weighted by Gasteiger charge is 2.62. The van der Waals surface area contributed by atoms with Gasteiger partial charge < -0.3 is 0 Å². The van der Waals surface area contributed by atoms with Gasteiger partial charge >= 0.3 is 0 Å². The molecule has 0 unspecified atom stereocenters. The summed E-state index contributed by atoms with van der Waals surface area (Å²) in [6, 6.07) is 20.7. The van der Waals surface area contributed by atoms with Gasteiger partial charge in [0.05, 0.1) is 22.4 Å². The molecule has 37 heavy (non-hydrogen) atoms. The number of nitro benzene ring substituents is 1. The Balaban J connectivity index is 1.46. The van der Waals surface area contributed by atoms with Crippen molar-refractivity contribution in [2.75, 3.05) is 4.90 Å². The fraction of sp³-hybridized carbons (Fsp3) is 0.200. The Morgan fingerprint density at radius 2 is 1.30 bits per heavy atom.